The van der Waals surface area contributed by atoms with Crippen LogP contribution in [0.3, 0.4) is 0 Å². The maximum atomic E-state index is 11.6. The molecular weight excluding hydrogens is 216 g/mol. The van der Waals surface area contributed by atoms with Gasteiger partial charge in [-0.25, -0.2) is 9.78 Å². The van der Waals surface area contributed by atoms with E-state index in [-0.39, 0.29) is 11.5 Å². The molecule has 1 aromatic heterocycles. The van der Waals surface area contributed by atoms with E-state index in [1.807, 2.05) is 0 Å². The van der Waals surface area contributed by atoms with E-state index in [1.54, 1.807) is 18.3 Å². The summed E-state index contributed by atoms with van der Waals surface area (Å²) in [7, 11) is 1.37. The van der Waals surface area contributed by atoms with Crippen LogP contribution < -0.4 is 5.32 Å². The third-order valence-electron chi connectivity index (χ3n) is 2.54. The Morgan fingerprint density at radius 2 is 2.24 bits per heavy atom. The van der Waals surface area contributed by atoms with Crippen LogP contribution in [0.15, 0.2) is 18.3 Å². The van der Waals surface area contributed by atoms with Gasteiger partial charge < -0.3 is 10.1 Å². The Morgan fingerprint density at radius 1 is 1.53 bits per heavy atom. The Hall–Kier alpha value is -1.58. The van der Waals surface area contributed by atoms with Crippen LogP contribution in [-0.2, 0) is 4.74 Å². The summed E-state index contributed by atoms with van der Waals surface area (Å²) < 4.78 is 4.73. The molecule has 0 radical (unpaired) electrons. The van der Waals surface area contributed by atoms with Crippen molar-refractivity contribution in [1.82, 2.24) is 4.98 Å². The van der Waals surface area contributed by atoms with E-state index in [2.05, 4.69) is 31.1 Å². The minimum atomic E-state index is -0.368. The Labute approximate surface area is 102 Å². The molecular formula is C13H20N2O2. The molecule has 0 aliphatic heterocycles. The van der Waals surface area contributed by atoms with Crippen LogP contribution in [0.4, 0.5) is 5.82 Å². The number of carbonyl (C=O) groups is 1. The topological polar surface area (TPSA) is 51.2 Å². The number of carbonyl (C=O) groups excluding carboxylic acids is 1. The van der Waals surface area contributed by atoms with E-state index in [0.29, 0.717) is 11.4 Å². The monoisotopic (exact) mass is 236 g/mol. The Balaban J connectivity index is 2.94. The van der Waals surface area contributed by atoms with Crippen LogP contribution in [0.1, 0.15) is 44.0 Å². The normalized spacial score (nSPS) is 11.1. The number of esters is 1. The zero-order valence-electron chi connectivity index (χ0n) is 10.9. The first-order valence-electron chi connectivity index (χ1n) is 5.81. The molecule has 0 aliphatic carbocycles. The average molecular weight is 236 g/mol. The van der Waals surface area contributed by atoms with Gasteiger partial charge in [-0.2, -0.15) is 0 Å². The van der Waals surface area contributed by atoms with Gasteiger partial charge in [-0.15, -0.1) is 0 Å². The van der Waals surface area contributed by atoms with Gasteiger partial charge in [0.2, 0.25) is 0 Å². The van der Waals surface area contributed by atoms with Crippen LogP contribution >= 0.6 is 0 Å². The minimum Gasteiger partial charge on any atom is -0.465 e. The minimum absolute atomic E-state index is 0.0914. The van der Waals surface area contributed by atoms with Gasteiger partial charge in [-0.3, -0.25) is 0 Å². The van der Waals surface area contributed by atoms with Gasteiger partial charge in [0.25, 0.3) is 0 Å². The lowest BCUT2D eigenvalue weighted by atomic mass is 9.98. The molecule has 0 aliphatic rings. The highest BCUT2D eigenvalue weighted by Crippen LogP contribution is 2.21. The van der Waals surface area contributed by atoms with E-state index in [0.717, 1.165) is 12.8 Å². The number of aromatic nitrogens is 1. The van der Waals surface area contributed by atoms with E-state index < -0.39 is 0 Å². The van der Waals surface area contributed by atoms with E-state index in [1.165, 1.54) is 7.11 Å². The first kappa shape index (κ1) is 13.5. The summed E-state index contributed by atoms with van der Waals surface area (Å²) in [6, 6.07) is 3.44. The van der Waals surface area contributed by atoms with Crippen molar-refractivity contribution in [3.05, 3.63) is 23.9 Å². The molecule has 94 valence electrons. The van der Waals surface area contributed by atoms with Gasteiger partial charge in [0.05, 0.1) is 7.11 Å². The lowest BCUT2D eigenvalue weighted by Gasteiger charge is -2.27. The van der Waals surface area contributed by atoms with Crippen molar-refractivity contribution in [2.45, 2.75) is 39.2 Å². The molecule has 0 aromatic carbocycles. The van der Waals surface area contributed by atoms with Gasteiger partial charge in [0.1, 0.15) is 11.4 Å². The largest absolute Gasteiger partial charge is 0.465 e. The number of nitrogens with one attached hydrogen (secondary N) is 1. The van der Waals surface area contributed by atoms with Crippen molar-refractivity contribution in [3.8, 4) is 0 Å². The molecule has 0 amide bonds. The summed E-state index contributed by atoms with van der Waals surface area (Å²) in [6.45, 7) is 6.31. The van der Waals surface area contributed by atoms with Crippen molar-refractivity contribution < 1.29 is 9.53 Å². The fourth-order valence-electron chi connectivity index (χ4n) is 1.79. The highest BCUT2D eigenvalue weighted by Gasteiger charge is 2.20. The first-order valence-corrected chi connectivity index (χ1v) is 5.81. The number of pyridine rings is 1. The van der Waals surface area contributed by atoms with Crippen LogP contribution in [0.25, 0.3) is 0 Å². The first-order chi connectivity index (χ1) is 8.00. The molecule has 1 rings (SSSR count). The summed E-state index contributed by atoms with van der Waals surface area (Å²) in [5, 5.41) is 3.29. The maximum absolute atomic E-state index is 11.6. The number of hydrogen-bond acceptors (Lipinski definition) is 4. The number of rotatable bonds is 5. The van der Waals surface area contributed by atoms with Crippen LogP contribution in [0, 0.1) is 0 Å². The highest BCUT2D eigenvalue weighted by molar-refractivity contribution is 5.94. The molecule has 17 heavy (non-hydrogen) atoms. The molecule has 4 nitrogen and oxygen atoms in total. The summed E-state index contributed by atoms with van der Waals surface area (Å²) >= 11 is 0. The predicted molar refractivity (Wildman–Crippen MR) is 68.2 cm³/mol. The molecule has 4 heteroatoms. The number of hydrogen-bond donors (Lipinski definition) is 1. The number of nitrogens with zero attached hydrogens (tertiary/aromatic N) is 1. The fraction of sp³-hybridized carbons (Fsp3) is 0.538. The Bertz CT molecular complexity index is 389. The third kappa shape index (κ3) is 3.73. The molecule has 0 atom stereocenters. The number of anilines is 1. The molecule has 0 unspecified atom stereocenters. The summed E-state index contributed by atoms with van der Waals surface area (Å²) in [4.78, 5) is 15.8. The van der Waals surface area contributed by atoms with Crippen molar-refractivity contribution in [3.63, 3.8) is 0 Å². The summed E-state index contributed by atoms with van der Waals surface area (Å²) in [5.74, 6) is 0.214. The second kappa shape index (κ2) is 5.66. The Morgan fingerprint density at radius 3 is 2.82 bits per heavy atom. The lowest BCUT2D eigenvalue weighted by Crippen LogP contribution is -2.32. The van der Waals surface area contributed by atoms with Crippen LogP contribution in [0.5, 0.6) is 0 Å². The maximum Gasteiger partial charge on any atom is 0.341 e. The van der Waals surface area contributed by atoms with E-state index in [4.69, 9.17) is 4.74 Å². The molecule has 0 saturated carbocycles. The molecule has 1 aromatic rings. The summed E-state index contributed by atoms with van der Waals surface area (Å²) in [6.07, 6.45) is 3.74. The number of ether oxygens (including phenoxy) is 1. The fourth-order valence-corrected chi connectivity index (χ4v) is 1.79. The second-order valence-electron chi connectivity index (χ2n) is 4.65. The molecule has 0 spiro atoms. The molecule has 1 heterocycles. The summed E-state index contributed by atoms with van der Waals surface area (Å²) in [5.41, 5.74) is 0.380. The number of methoxy groups -OCH3 is 1. The van der Waals surface area contributed by atoms with Gasteiger partial charge in [0, 0.05) is 11.7 Å². The van der Waals surface area contributed by atoms with Crippen molar-refractivity contribution in [2.24, 2.45) is 0 Å². The van der Waals surface area contributed by atoms with Gasteiger partial charge >= 0.3 is 5.97 Å². The van der Waals surface area contributed by atoms with Crippen molar-refractivity contribution in [1.29, 1.82) is 0 Å². The van der Waals surface area contributed by atoms with E-state index in [9.17, 15) is 4.79 Å². The van der Waals surface area contributed by atoms with Crippen LogP contribution in [0.2, 0.25) is 0 Å². The highest BCUT2D eigenvalue weighted by atomic mass is 16.5. The SMILES string of the molecule is CCCC(C)(C)Nc1ncccc1C(=O)OC. The Kier molecular flexibility index (Phi) is 4.49. The molecule has 0 fully saturated rings. The molecule has 0 bridgehead atoms. The zero-order valence-corrected chi connectivity index (χ0v) is 10.9. The molecule has 0 saturated heterocycles. The average Bonchev–Trinajstić information content (AvgIpc) is 2.28. The second-order valence-corrected chi connectivity index (χ2v) is 4.65. The standard InChI is InChI=1S/C13H20N2O2/c1-5-8-13(2,3)15-11-10(12(16)17-4)7-6-9-14-11/h6-7,9H,5,8H2,1-4H3,(H,14,15). The smallest absolute Gasteiger partial charge is 0.341 e. The van der Waals surface area contributed by atoms with Crippen LogP contribution in [-0.4, -0.2) is 23.6 Å². The zero-order chi connectivity index (χ0) is 12.9. The molecule has 1 N–H and O–H groups in total. The van der Waals surface area contributed by atoms with Gasteiger partial charge in [0.15, 0.2) is 0 Å². The predicted octanol–water partition coefficient (Wildman–Crippen LogP) is 2.86. The van der Waals surface area contributed by atoms with E-state index >= 15 is 0 Å². The quantitative estimate of drug-likeness (QED) is 0.799. The van der Waals surface area contributed by atoms with Gasteiger partial charge in [-0.1, -0.05) is 13.3 Å². The van der Waals surface area contributed by atoms with Crippen molar-refractivity contribution in [2.75, 3.05) is 12.4 Å². The lowest BCUT2D eigenvalue weighted by molar-refractivity contribution is 0.0601. The van der Waals surface area contributed by atoms with Gasteiger partial charge in [-0.05, 0) is 32.4 Å². The van der Waals surface area contributed by atoms with Crippen molar-refractivity contribution >= 4 is 11.8 Å². The third-order valence-corrected chi connectivity index (χ3v) is 2.54.